The molecule has 1 atom stereocenters. The summed E-state index contributed by atoms with van der Waals surface area (Å²) < 4.78 is 5.02. The van der Waals surface area contributed by atoms with Gasteiger partial charge in [0.15, 0.2) is 0 Å². The third-order valence-corrected chi connectivity index (χ3v) is 2.54. The maximum Gasteiger partial charge on any atom is 0.218 e. The highest BCUT2D eigenvalue weighted by Gasteiger charge is 2.13. The van der Waals surface area contributed by atoms with Gasteiger partial charge in [-0.25, -0.2) is 9.97 Å². The Morgan fingerprint density at radius 2 is 2.44 bits per heavy atom. The molecule has 0 aromatic carbocycles. The fourth-order valence-corrected chi connectivity index (χ4v) is 1.71. The van der Waals surface area contributed by atoms with Crippen LogP contribution in [-0.2, 0) is 0 Å². The normalized spacial score (nSPS) is 18.9. The average molecular weight is 245 g/mol. The van der Waals surface area contributed by atoms with E-state index in [0.29, 0.717) is 11.9 Å². The van der Waals surface area contributed by atoms with Crippen LogP contribution in [0.5, 0.6) is 5.88 Å². The molecule has 2 rings (SSSR count). The summed E-state index contributed by atoms with van der Waals surface area (Å²) in [7, 11) is 1.60. The molecule has 90 valence electrons. The van der Waals surface area contributed by atoms with Crippen LogP contribution < -0.4 is 15.4 Å². The van der Waals surface area contributed by atoms with E-state index in [1.54, 1.807) is 13.2 Å². The molecule has 0 spiro atoms. The molecular weight excluding hydrogens is 228 g/mol. The smallest absolute Gasteiger partial charge is 0.218 e. The monoisotopic (exact) mass is 244 g/mol. The van der Waals surface area contributed by atoms with E-state index in [-0.39, 0.29) is 12.4 Å². The van der Waals surface area contributed by atoms with E-state index in [4.69, 9.17) is 4.74 Å². The van der Waals surface area contributed by atoms with Crippen molar-refractivity contribution < 1.29 is 4.74 Å². The van der Waals surface area contributed by atoms with Gasteiger partial charge >= 0.3 is 0 Å². The molecule has 1 aliphatic rings. The van der Waals surface area contributed by atoms with Crippen LogP contribution in [0.1, 0.15) is 12.8 Å². The largest absolute Gasteiger partial charge is 0.481 e. The van der Waals surface area contributed by atoms with E-state index in [9.17, 15) is 0 Å². The lowest BCUT2D eigenvalue weighted by Gasteiger charge is -2.11. The van der Waals surface area contributed by atoms with Crippen LogP contribution in [0.15, 0.2) is 12.4 Å². The first-order valence-electron chi connectivity index (χ1n) is 5.22. The van der Waals surface area contributed by atoms with Crippen molar-refractivity contribution in [1.29, 1.82) is 0 Å². The Hall–Kier alpha value is -1.07. The first-order chi connectivity index (χ1) is 7.38. The lowest BCUT2D eigenvalue weighted by atomic mass is 10.2. The van der Waals surface area contributed by atoms with Gasteiger partial charge in [0.05, 0.1) is 7.11 Å². The van der Waals surface area contributed by atoms with E-state index in [0.717, 1.165) is 18.9 Å². The highest BCUT2D eigenvalue weighted by Crippen LogP contribution is 2.11. The minimum Gasteiger partial charge on any atom is -0.481 e. The summed E-state index contributed by atoms with van der Waals surface area (Å²) in [6.45, 7) is 2.03. The highest BCUT2D eigenvalue weighted by molar-refractivity contribution is 5.85. The zero-order valence-electron chi connectivity index (χ0n) is 9.27. The van der Waals surface area contributed by atoms with Crippen molar-refractivity contribution in [1.82, 2.24) is 15.3 Å². The Labute approximate surface area is 101 Å². The Morgan fingerprint density at radius 3 is 3.12 bits per heavy atom. The van der Waals surface area contributed by atoms with E-state index in [1.807, 2.05) is 0 Å². The van der Waals surface area contributed by atoms with Crippen LogP contribution in [0, 0.1) is 0 Å². The number of nitrogens with one attached hydrogen (secondary N) is 2. The van der Waals surface area contributed by atoms with Crippen molar-refractivity contribution in [2.45, 2.75) is 18.9 Å². The molecule has 1 aromatic heterocycles. The van der Waals surface area contributed by atoms with Gasteiger partial charge in [-0.15, -0.1) is 12.4 Å². The third kappa shape index (κ3) is 3.50. The van der Waals surface area contributed by atoms with Crippen molar-refractivity contribution in [3.63, 3.8) is 0 Å². The molecule has 0 bridgehead atoms. The quantitative estimate of drug-likeness (QED) is 0.830. The van der Waals surface area contributed by atoms with Gasteiger partial charge < -0.3 is 15.4 Å². The lowest BCUT2D eigenvalue weighted by Crippen LogP contribution is -2.29. The number of nitrogens with zero attached hydrogens (tertiary/aromatic N) is 2. The maximum absolute atomic E-state index is 5.02. The SMILES string of the molecule is COc1cc(NCC2CCCN2)ncn1.Cl. The second kappa shape index (κ2) is 6.50. The first-order valence-corrected chi connectivity index (χ1v) is 5.22. The van der Waals surface area contributed by atoms with Crippen molar-refractivity contribution in [3.05, 3.63) is 12.4 Å². The summed E-state index contributed by atoms with van der Waals surface area (Å²) >= 11 is 0. The molecule has 1 unspecified atom stereocenters. The van der Waals surface area contributed by atoms with Crippen LogP contribution in [0.25, 0.3) is 0 Å². The molecule has 0 radical (unpaired) electrons. The molecule has 0 amide bonds. The fraction of sp³-hybridized carbons (Fsp3) is 0.600. The van der Waals surface area contributed by atoms with Crippen molar-refractivity contribution in [2.75, 3.05) is 25.5 Å². The zero-order valence-corrected chi connectivity index (χ0v) is 10.1. The molecule has 16 heavy (non-hydrogen) atoms. The Kier molecular flexibility index (Phi) is 5.28. The number of methoxy groups -OCH3 is 1. The van der Waals surface area contributed by atoms with Crippen LogP contribution in [0.2, 0.25) is 0 Å². The van der Waals surface area contributed by atoms with Gasteiger partial charge in [-0.1, -0.05) is 0 Å². The van der Waals surface area contributed by atoms with Crippen molar-refractivity contribution in [2.24, 2.45) is 0 Å². The van der Waals surface area contributed by atoms with Crippen LogP contribution in [0.4, 0.5) is 5.82 Å². The Bertz CT molecular complexity index is 317. The molecular formula is C10H17ClN4O. The molecule has 0 aliphatic carbocycles. The molecule has 2 heterocycles. The van der Waals surface area contributed by atoms with Gasteiger partial charge in [0.2, 0.25) is 5.88 Å². The van der Waals surface area contributed by atoms with Gasteiger partial charge in [-0.3, -0.25) is 0 Å². The summed E-state index contributed by atoms with van der Waals surface area (Å²) in [5.41, 5.74) is 0. The lowest BCUT2D eigenvalue weighted by molar-refractivity contribution is 0.397. The van der Waals surface area contributed by atoms with E-state index >= 15 is 0 Å². The predicted molar refractivity (Wildman–Crippen MR) is 65.3 cm³/mol. The minimum atomic E-state index is 0. The van der Waals surface area contributed by atoms with Crippen LogP contribution in [-0.4, -0.2) is 36.2 Å². The number of rotatable bonds is 4. The summed E-state index contributed by atoms with van der Waals surface area (Å²) in [6, 6.07) is 2.36. The summed E-state index contributed by atoms with van der Waals surface area (Å²) in [5, 5.41) is 6.69. The van der Waals surface area contributed by atoms with Crippen molar-refractivity contribution in [3.8, 4) is 5.88 Å². The predicted octanol–water partition coefficient (Wildman–Crippen LogP) is 1.07. The standard InChI is InChI=1S/C10H16N4O.ClH/c1-15-10-5-9(13-7-14-10)12-6-8-3-2-4-11-8;/h5,7-8,11H,2-4,6H2,1H3,(H,12,13,14);1H. The highest BCUT2D eigenvalue weighted by atomic mass is 35.5. The van der Waals surface area contributed by atoms with Crippen LogP contribution in [0.3, 0.4) is 0 Å². The molecule has 2 N–H and O–H groups in total. The topological polar surface area (TPSA) is 59.1 Å². The summed E-state index contributed by atoms with van der Waals surface area (Å²) in [4.78, 5) is 8.07. The minimum absolute atomic E-state index is 0. The van der Waals surface area contributed by atoms with Gasteiger partial charge in [-0.05, 0) is 19.4 Å². The molecule has 1 aliphatic heterocycles. The number of hydrogen-bond acceptors (Lipinski definition) is 5. The van der Waals surface area contributed by atoms with Gasteiger partial charge in [0.1, 0.15) is 12.1 Å². The van der Waals surface area contributed by atoms with Crippen LogP contribution >= 0.6 is 12.4 Å². The van der Waals surface area contributed by atoms with E-state index in [2.05, 4.69) is 20.6 Å². The number of halogens is 1. The number of anilines is 1. The van der Waals surface area contributed by atoms with Gasteiger partial charge in [0, 0.05) is 18.7 Å². The maximum atomic E-state index is 5.02. The molecule has 5 nitrogen and oxygen atoms in total. The molecule has 6 heteroatoms. The van der Waals surface area contributed by atoms with E-state index < -0.39 is 0 Å². The van der Waals surface area contributed by atoms with Crippen molar-refractivity contribution >= 4 is 18.2 Å². The zero-order chi connectivity index (χ0) is 10.5. The fourth-order valence-electron chi connectivity index (χ4n) is 1.71. The third-order valence-electron chi connectivity index (χ3n) is 2.54. The number of aromatic nitrogens is 2. The second-order valence-electron chi connectivity index (χ2n) is 3.62. The molecule has 0 saturated carbocycles. The average Bonchev–Trinajstić information content (AvgIpc) is 2.79. The first kappa shape index (κ1) is 13.0. The number of hydrogen-bond donors (Lipinski definition) is 2. The van der Waals surface area contributed by atoms with E-state index in [1.165, 1.54) is 19.2 Å². The van der Waals surface area contributed by atoms with Gasteiger partial charge in [-0.2, -0.15) is 0 Å². The Morgan fingerprint density at radius 1 is 1.56 bits per heavy atom. The molecule has 1 saturated heterocycles. The Balaban J connectivity index is 0.00000128. The summed E-state index contributed by atoms with van der Waals surface area (Å²) in [5.74, 6) is 1.41. The number of ether oxygens (including phenoxy) is 1. The second-order valence-corrected chi connectivity index (χ2v) is 3.62. The molecule has 1 fully saturated rings. The summed E-state index contributed by atoms with van der Waals surface area (Å²) in [6.07, 6.45) is 4.00. The molecule has 1 aromatic rings. The van der Waals surface area contributed by atoms with Gasteiger partial charge in [0.25, 0.3) is 0 Å².